The number of aryl methyl sites for hydroxylation is 1. The van der Waals surface area contributed by atoms with Crippen molar-refractivity contribution in [2.45, 2.75) is 6.92 Å². The van der Waals surface area contributed by atoms with Crippen LogP contribution in [0.4, 0.5) is 0 Å². The zero-order valence-electron chi connectivity index (χ0n) is 15.5. The molecule has 1 fully saturated rings. The fourth-order valence-corrected chi connectivity index (χ4v) is 3.49. The molecule has 2 aromatic carbocycles. The summed E-state index contributed by atoms with van der Waals surface area (Å²) in [6.07, 6.45) is 1.78. The van der Waals surface area contributed by atoms with Crippen LogP contribution < -0.4 is 14.8 Å². The van der Waals surface area contributed by atoms with Gasteiger partial charge in [-0.1, -0.05) is 59.9 Å². The fourth-order valence-electron chi connectivity index (χ4n) is 2.46. The van der Waals surface area contributed by atoms with Gasteiger partial charge in [0.15, 0.2) is 0 Å². The second-order valence-electron chi connectivity index (χ2n) is 6.01. The molecule has 1 amide bonds. The number of ether oxygens (including phenoxy) is 3. The normalized spacial score (nSPS) is 15.0. The van der Waals surface area contributed by atoms with Crippen LogP contribution in [0.15, 0.2) is 53.4 Å². The predicted molar refractivity (Wildman–Crippen MR) is 116 cm³/mol. The first-order chi connectivity index (χ1) is 13.6. The van der Waals surface area contributed by atoms with E-state index in [1.54, 1.807) is 6.08 Å². The predicted octanol–water partition coefficient (Wildman–Crippen LogP) is 3.96. The summed E-state index contributed by atoms with van der Waals surface area (Å²) in [6.45, 7) is 3.86. The highest BCUT2D eigenvalue weighted by Crippen LogP contribution is 2.29. The minimum atomic E-state index is -0.179. The number of amides is 1. The average molecular weight is 416 g/mol. The summed E-state index contributed by atoms with van der Waals surface area (Å²) in [5.74, 6) is 1.35. The van der Waals surface area contributed by atoms with Crippen LogP contribution in [0.2, 0.25) is 0 Å². The van der Waals surface area contributed by atoms with Gasteiger partial charge in [-0.2, -0.15) is 0 Å². The highest BCUT2D eigenvalue weighted by Gasteiger charge is 2.22. The van der Waals surface area contributed by atoms with Gasteiger partial charge in [0.2, 0.25) is 0 Å². The Morgan fingerprint density at radius 2 is 1.71 bits per heavy atom. The van der Waals surface area contributed by atoms with Gasteiger partial charge in [0.05, 0.1) is 18.1 Å². The van der Waals surface area contributed by atoms with Crippen molar-refractivity contribution in [3.63, 3.8) is 0 Å². The van der Waals surface area contributed by atoms with Crippen molar-refractivity contribution in [2.75, 3.05) is 26.4 Å². The Bertz CT molecular complexity index is 865. The Kier molecular flexibility index (Phi) is 7.47. The Morgan fingerprint density at radius 1 is 1.00 bits per heavy atom. The maximum absolute atomic E-state index is 11.8. The summed E-state index contributed by atoms with van der Waals surface area (Å²) in [7, 11) is 0. The molecule has 1 heterocycles. The van der Waals surface area contributed by atoms with E-state index in [0.717, 1.165) is 11.3 Å². The van der Waals surface area contributed by atoms with Gasteiger partial charge in [-0.05, 0) is 31.2 Å². The van der Waals surface area contributed by atoms with Gasteiger partial charge in [-0.25, -0.2) is 0 Å². The molecule has 28 heavy (non-hydrogen) atoms. The minimum Gasteiger partial charge on any atom is -0.491 e. The summed E-state index contributed by atoms with van der Waals surface area (Å²) in [5, 5.41) is 2.61. The van der Waals surface area contributed by atoms with Gasteiger partial charge in [-0.3, -0.25) is 4.79 Å². The van der Waals surface area contributed by atoms with Crippen LogP contribution in [0.5, 0.6) is 11.5 Å². The number of rotatable bonds is 9. The highest BCUT2D eigenvalue weighted by atomic mass is 32.2. The zero-order valence-corrected chi connectivity index (χ0v) is 17.1. The highest BCUT2D eigenvalue weighted by molar-refractivity contribution is 8.26. The SMILES string of the molecule is Cc1ccc(OCCOCCOc2ccccc2C=C2SC(=S)NC2=O)cc1. The number of thioether (sulfide) groups is 1. The number of carbonyl (C=O) groups is 1. The van der Waals surface area contributed by atoms with E-state index in [9.17, 15) is 4.79 Å². The second-order valence-corrected chi connectivity index (χ2v) is 7.73. The molecule has 1 aliphatic heterocycles. The second kappa shape index (κ2) is 10.3. The third kappa shape index (κ3) is 6.09. The number of hydrogen-bond acceptors (Lipinski definition) is 6. The Hall–Kier alpha value is -2.35. The molecule has 146 valence electrons. The van der Waals surface area contributed by atoms with Crippen molar-refractivity contribution in [3.8, 4) is 11.5 Å². The Labute approximate surface area is 174 Å². The molecule has 0 aromatic heterocycles. The smallest absolute Gasteiger partial charge is 0.263 e. The molecular formula is C21H21NO4S2. The van der Waals surface area contributed by atoms with Gasteiger partial charge >= 0.3 is 0 Å². The average Bonchev–Trinajstić information content (AvgIpc) is 3.00. The van der Waals surface area contributed by atoms with E-state index in [1.807, 2.05) is 55.5 Å². The van der Waals surface area contributed by atoms with E-state index < -0.39 is 0 Å². The molecule has 0 radical (unpaired) electrons. The third-order valence-corrected chi connectivity index (χ3v) is 5.01. The molecular weight excluding hydrogens is 394 g/mol. The number of para-hydroxylation sites is 1. The van der Waals surface area contributed by atoms with Gasteiger partial charge < -0.3 is 19.5 Å². The van der Waals surface area contributed by atoms with Gasteiger partial charge in [-0.15, -0.1) is 0 Å². The molecule has 1 saturated heterocycles. The van der Waals surface area contributed by atoms with Crippen molar-refractivity contribution in [1.29, 1.82) is 0 Å². The standard InChI is InChI=1S/C21H21NO4S2/c1-15-6-8-17(9-7-15)25-12-10-24-11-13-26-18-5-3-2-4-16(18)14-19-20(23)22-21(27)28-19/h2-9,14H,10-13H2,1H3,(H,22,23,27). The lowest BCUT2D eigenvalue weighted by molar-refractivity contribution is -0.115. The molecule has 2 aromatic rings. The molecule has 0 bridgehead atoms. The number of nitrogens with one attached hydrogen (secondary N) is 1. The van der Waals surface area contributed by atoms with Gasteiger partial charge in [0.25, 0.3) is 5.91 Å². The molecule has 5 nitrogen and oxygen atoms in total. The van der Waals surface area contributed by atoms with E-state index >= 15 is 0 Å². The summed E-state index contributed by atoms with van der Waals surface area (Å²) >= 11 is 6.26. The van der Waals surface area contributed by atoms with E-state index in [1.165, 1.54) is 17.3 Å². The van der Waals surface area contributed by atoms with Crippen LogP contribution >= 0.6 is 24.0 Å². The zero-order chi connectivity index (χ0) is 19.8. The number of hydrogen-bond donors (Lipinski definition) is 1. The van der Waals surface area contributed by atoms with Crippen molar-refractivity contribution in [2.24, 2.45) is 0 Å². The summed E-state index contributed by atoms with van der Waals surface area (Å²) in [5.41, 5.74) is 2.03. The maximum atomic E-state index is 11.8. The van der Waals surface area contributed by atoms with E-state index in [0.29, 0.717) is 41.4 Å². The molecule has 3 rings (SSSR count). The lowest BCUT2D eigenvalue weighted by Crippen LogP contribution is -2.17. The van der Waals surface area contributed by atoms with Crippen LogP contribution in [0.1, 0.15) is 11.1 Å². The number of carbonyl (C=O) groups excluding carboxylic acids is 1. The summed E-state index contributed by atoms with van der Waals surface area (Å²) in [6, 6.07) is 15.5. The van der Waals surface area contributed by atoms with Gasteiger partial charge in [0.1, 0.15) is 29.0 Å². The van der Waals surface area contributed by atoms with Crippen LogP contribution in [0.3, 0.4) is 0 Å². The monoisotopic (exact) mass is 415 g/mol. The van der Waals surface area contributed by atoms with E-state index in [2.05, 4.69) is 5.32 Å². The number of thiocarbonyl (C=S) groups is 1. The van der Waals surface area contributed by atoms with E-state index in [4.69, 9.17) is 26.4 Å². The first-order valence-electron chi connectivity index (χ1n) is 8.86. The summed E-state index contributed by atoms with van der Waals surface area (Å²) in [4.78, 5) is 12.4. The molecule has 0 saturated carbocycles. The van der Waals surface area contributed by atoms with Crippen LogP contribution in [0.25, 0.3) is 6.08 Å². The molecule has 0 spiro atoms. The number of benzene rings is 2. The maximum Gasteiger partial charge on any atom is 0.263 e. The first kappa shape index (κ1) is 20.4. The Morgan fingerprint density at radius 3 is 2.43 bits per heavy atom. The fraction of sp³-hybridized carbons (Fsp3) is 0.238. The third-order valence-electron chi connectivity index (χ3n) is 3.85. The molecule has 0 atom stereocenters. The lowest BCUT2D eigenvalue weighted by atomic mass is 10.2. The molecule has 1 N–H and O–H groups in total. The lowest BCUT2D eigenvalue weighted by Gasteiger charge is -2.10. The van der Waals surface area contributed by atoms with Crippen molar-refractivity contribution >= 4 is 40.3 Å². The van der Waals surface area contributed by atoms with Crippen LogP contribution in [0, 0.1) is 6.92 Å². The first-order valence-corrected chi connectivity index (χ1v) is 10.1. The van der Waals surface area contributed by atoms with Gasteiger partial charge in [0, 0.05) is 5.56 Å². The topological polar surface area (TPSA) is 56.8 Å². The van der Waals surface area contributed by atoms with Crippen LogP contribution in [-0.4, -0.2) is 36.7 Å². The molecule has 7 heteroatoms. The molecule has 1 aliphatic rings. The van der Waals surface area contributed by atoms with Crippen molar-refractivity contribution in [1.82, 2.24) is 5.32 Å². The Balaban J connectivity index is 1.40. The molecule has 0 unspecified atom stereocenters. The van der Waals surface area contributed by atoms with E-state index in [-0.39, 0.29) is 5.91 Å². The van der Waals surface area contributed by atoms with Crippen molar-refractivity contribution in [3.05, 3.63) is 64.6 Å². The largest absolute Gasteiger partial charge is 0.491 e. The molecule has 0 aliphatic carbocycles. The summed E-state index contributed by atoms with van der Waals surface area (Å²) < 4.78 is 17.4. The van der Waals surface area contributed by atoms with Crippen molar-refractivity contribution < 1.29 is 19.0 Å². The van der Waals surface area contributed by atoms with Crippen LogP contribution in [-0.2, 0) is 9.53 Å². The quantitative estimate of drug-likeness (QED) is 0.380. The minimum absolute atomic E-state index is 0.179.